The molecule has 2 N–H and O–H groups in total. The minimum atomic E-state index is -1.10. The van der Waals surface area contributed by atoms with Gasteiger partial charge in [-0.05, 0) is 22.9 Å². The molecule has 12 heavy (non-hydrogen) atoms. The summed E-state index contributed by atoms with van der Waals surface area (Å²) in [5.74, 6) is -3.11. The van der Waals surface area contributed by atoms with E-state index in [0.29, 0.717) is 0 Å². The van der Waals surface area contributed by atoms with E-state index in [0.717, 1.165) is 0 Å². The fourth-order valence-electron chi connectivity index (χ4n) is 0.774. The maximum atomic E-state index is 12.8. The zero-order chi connectivity index (χ0) is 9.46. The molecule has 0 unspecified atom stereocenters. The number of halogens is 4. The average molecular weight is 240 g/mol. The highest BCUT2D eigenvalue weighted by molar-refractivity contribution is 9.10. The molecule has 1 aromatic rings. The van der Waals surface area contributed by atoms with E-state index in [2.05, 4.69) is 15.9 Å². The maximum Gasteiger partial charge on any atom is 0.166 e. The quantitative estimate of drug-likeness (QED) is 0.421. The van der Waals surface area contributed by atoms with Gasteiger partial charge in [0.1, 0.15) is 11.5 Å². The Morgan fingerprint density at radius 1 is 1.08 bits per heavy atom. The van der Waals surface area contributed by atoms with Crippen LogP contribution in [0.15, 0.2) is 4.47 Å². The second-order valence-electron chi connectivity index (χ2n) is 2.29. The largest absolute Gasteiger partial charge is 0.394 e. The summed E-state index contributed by atoms with van der Waals surface area (Å²) in [4.78, 5) is 0. The van der Waals surface area contributed by atoms with E-state index < -0.39 is 27.6 Å². The van der Waals surface area contributed by atoms with E-state index in [-0.39, 0.29) is 5.56 Å². The molecule has 5 heteroatoms. The Morgan fingerprint density at radius 3 is 2.08 bits per heavy atom. The molecule has 0 amide bonds. The molecule has 66 valence electrons. The number of hydrogen-bond acceptors (Lipinski definition) is 1. The van der Waals surface area contributed by atoms with E-state index >= 15 is 0 Å². The lowest BCUT2D eigenvalue weighted by atomic mass is 10.2. The number of nitrogens with two attached hydrogens (primary N) is 1. The van der Waals surface area contributed by atoms with Gasteiger partial charge in [-0.1, -0.05) is 0 Å². The second kappa shape index (κ2) is 2.97. The van der Waals surface area contributed by atoms with E-state index in [1.54, 1.807) is 0 Å². The molecule has 1 aromatic carbocycles. The summed E-state index contributed by atoms with van der Waals surface area (Å²) in [6.07, 6.45) is 0. The van der Waals surface area contributed by atoms with E-state index in [1.165, 1.54) is 6.92 Å². The number of nitrogen functional groups attached to an aromatic ring is 1. The van der Waals surface area contributed by atoms with Gasteiger partial charge in [-0.2, -0.15) is 0 Å². The monoisotopic (exact) mass is 239 g/mol. The van der Waals surface area contributed by atoms with Crippen LogP contribution >= 0.6 is 15.9 Å². The first-order valence-corrected chi connectivity index (χ1v) is 3.84. The summed E-state index contributed by atoms with van der Waals surface area (Å²) in [6.45, 7) is 1.19. The van der Waals surface area contributed by atoms with Gasteiger partial charge in [-0.3, -0.25) is 0 Å². The molecule has 0 bridgehead atoms. The topological polar surface area (TPSA) is 26.0 Å². The van der Waals surface area contributed by atoms with Crippen molar-refractivity contribution in [2.24, 2.45) is 0 Å². The SMILES string of the molecule is Cc1c(F)c(N)c(F)c(Br)c1F. The van der Waals surface area contributed by atoms with Gasteiger partial charge in [0.15, 0.2) is 11.6 Å². The van der Waals surface area contributed by atoms with Crippen molar-refractivity contribution in [3.8, 4) is 0 Å². The van der Waals surface area contributed by atoms with Gasteiger partial charge >= 0.3 is 0 Å². The molecule has 0 aliphatic rings. The van der Waals surface area contributed by atoms with Crippen LogP contribution in [0.4, 0.5) is 18.9 Å². The van der Waals surface area contributed by atoms with Gasteiger partial charge < -0.3 is 5.73 Å². The van der Waals surface area contributed by atoms with Gasteiger partial charge in [-0.15, -0.1) is 0 Å². The molecular weight excluding hydrogens is 235 g/mol. The van der Waals surface area contributed by atoms with Crippen molar-refractivity contribution < 1.29 is 13.2 Å². The van der Waals surface area contributed by atoms with Crippen LogP contribution in [-0.4, -0.2) is 0 Å². The van der Waals surface area contributed by atoms with Crippen molar-refractivity contribution in [1.29, 1.82) is 0 Å². The number of anilines is 1. The minimum Gasteiger partial charge on any atom is -0.394 e. The molecule has 0 saturated heterocycles. The third-order valence-electron chi connectivity index (χ3n) is 1.52. The highest BCUT2D eigenvalue weighted by atomic mass is 79.9. The molecule has 0 spiro atoms. The summed E-state index contributed by atoms with van der Waals surface area (Å²) >= 11 is 2.62. The molecule has 0 heterocycles. The van der Waals surface area contributed by atoms with Crippen LogP contribution in [0, 0.1) is 24.4 Å². The lowest BCUT2D eigenvalue weighted by molar-refractivity contribution is 0.530. The van der Waals surface area contributed by atoms with Crippen LogP contribution in [-0.2, 0) is 0 Å². The van der Waals surface area contributed by atoms with Crippen molar-refractivity contribution >= 4 is 21.6 Å². The first kappa shape index (κ1) is 9.38. The lowest BCUT2D eigenvalue weighted by Gasteiger charge is -2.05. The summed E-state index contributed by atoms with van der Waals surface area (Å²) < 4.78 is 38.0. The predicted molar refractivity (Wildman–Crippen MR) is 43.2 cm³/mol. The van der Waals surface area contributed by atoms with Gasteiger partial charge in [0.2, 0.25) is 0 Å². The second-order valence-corrected chi connectivity index (χ2v) is 3.09. The molecule has 0 saturated carbocycles. The zero-order valence-electron chi connectivity index (χ0n) is 6.09. The molecule has 0 aliphatic carbocycles. The van der Waals surface area contributed by atoms with Crippen LogP contribution < -0.4 is 5.73 Å². The Labute approximate surface area is 75.5 Å². The predicted octanol–water partition coefficient (Wildman–Crippen LogP) is 2.76. The van der Waals surface area contributed by atoms with Crippen LogP contribution in [0.25, 0.3) is 0 Å². The van der Waals surface area contributed by atoms with Crippen molar-refractivity contribution in [3.63, 3.8) is 0 Å². The molecule has 0 aliphatic heterocycles. The van der Waals surface area contributed by atoms with Crippen molar-refractivity contribution in [3.05, 3.63) is 27.5 Å². The molecule has 1 rings (SSSR count). The van der Waals surface area contributed by atoms with E-state index in [1.807, 2.05) is 0 Å². The molecule has 0 fully saturated rings. The number of rotatable bonds is 0. The van der Waals surface area contributed by atoms with Gasteiger partial charge in [0.05, 0.1) is 4.47 Å². The van der Waals surface area contributed by atoms with Crippen LogP contribution in [0.1, 0.15) is 5.56 Å². The standard InChI is InChI=1S/C7H5BrF3N/c1-2-4(9)3(8)6(11)7(12)5(2)10/h12H2,1H3. The van der Waals surface area contributed by atoms with Gasteiger partial charge in [-0.25, -0.2) is 13.2 Å². The molecule has 0 aromatic heterocycles. The highest BCUT2D eigenvalue weighted by Crippen LogP contribution is 2.29. The summed E-state index contributed by atoms with van der Waals surface area (Å²) in [5.41, 5.74) is 4.05. The Balaban J connectivity index is 3.60. The fourth-order valence-corrected chi connectivity index (χ4v) is 1.28. The summed E-state index contributed by atoms with van der Waals surface area (Å²) in [6, 6.07) is 0. The van der Waals surface area contributed by atoms with Crippen LogP contribution in [0.3, 0.4) is 0 Å². The lowest BCUT2D eigenvalue weighted by Crippen LogP contribution is -2.02. The van der Waals surface area contributed by atoms with Crippen LogP contribution in [0.5, 0.6) is 0 Å². The number of benzene rings is 1. The summed E-state index contributed by atoms with van der Waals surface area (Å²) in [5, 5.41) is 0. The average Bonchev–Trinajstić information content (AvgIpc) is 2.08. The molecular formula is C7H5BrF3N. The van der Waals surface area contributed by atoms with E-state index in [9.17, 15) is 13.2 Å². The highest BCUT2D eigenvalue weighted by Gasteiger charge is 2.18. The van der Waals surface area contributed by atoms with Crippen LogP contribution in [0.2, 0.25) is 0 Å². The first-order chi connectivity index (χ1) is 5.46. The zero-order valence-corrected chi connectivity index (χ0v) is 7.68. The Kier molecular flexibility index (Phi) is 2.32. The maximum absolute atomic E-state index is 12.8. The van der Waals surface area contributed by atoms with Crippen molar-refractivity contribution in [2.45, 2.75) is 6.92 Å². The Bertz CT molecular complexity index is 233. The fraction of sp³-hybridized carbons (Fsp3) is 0.143. The molecule has 1 nitrogen and oxygen atoms in total. The minimum absolute atomic E-state index is 0.291. The first-order valence-electron chi connectivity index (χ1n) is 3.04. The van der Waals surface area contributed by atoms with Crippen molar-refractivity contribution in [2.75, 3.05) is 5.73 Å². The third-order valence-corrected chi connectivity index (χ3v) is 2.21. The molecule has 0 atom stereocenters. The number of hydrogen-bond donors (Lipinski definition) is 1. The third kappa shape index (κ3) is 1.18. The van der Waals surface area contributed by atoms with E-state index in [4.69, 9.17) is 5.73 Å². The Morgan fingerprint density at radius 2 is 1.58 bits per heavy atom. The normalized spacial score (nSPS) is 10.4. The smallest absolute Gasteiger partial charge is 0.166 e. The van der Waals surface area contributed by atoms with Crippen molar-refractivity contribution in [1.82, 2.24) is 0 Å². The molecule has 0 radical (unpaired) electrons. The summed E-state index contributed by atoms with van der Waals surface area (Å²) in [7, 11) is 0. The van der Waals surface area contributed by atoms with Gasteiger partial charge in [0, 0.05) is 5.56 Å². The Hall–Kier alpha value is -0.710. The van der Waals surface area contributed by atoms with Gasteiger partial charge in [0.25, 0.3) is 0 Å².